The average Bonchev–Trinajstić information content (AvgIpc) is 3.28. The number of nitrogens with zero attached hydrogens (tertiary/aromatic N) is 1. The van der Waals surface area contributed by atoms with Gasteiger partial charge in [-0.3, -0.25) is 4.99 Å². The smallest absolute Gasteiger partial charge is 0.191 e. The average molecular weight is 461 g/mol. The first-order chi connectivity index (χ1) is 11.7. The number of hydrogen-bond donors (Lipinski definition) is 2. The Kier molecular flexibility index (Phi) is 7.93. The van der Waals surface area contributed by atoms with Crippen LogP contribution in [0.3, 0.4) is 0 Å². The molecule has 1 atom stereocenters. The van der Waals surface area contributed by atoms with Gasteiger partial charge in [0.05, 0.1) is 6.10 Å². The van der Waals surface area contributed by atoms with E-state index in [4.69, 9.17) is 4.74 Å². The lowest BCUT2D eigenvalue weighted by molar-refractivity contribution is 0.113. The summed E-state index contributed by atoms with van der Waals surface area (Å²) in [6.07, 6.45) is 7.27. The molecule has 1 saturated heterocycles. The third-order valence-corrected chi connectivity index (χ3v) is 5.36. The van der Waals surface area contributed by atoms with Crippen LogP contribution in [0, 0.1) is 5.82 Å². The number of halogens is 2. The van der Waals surface area contributed by atoms with E-state index >= 15 is 0 Å². The number of ether oxygens (including phenoxy) is 1. The Morgan fingerprint density at radius 1 is 1.20 bits per heavy atom. The maximum absolute atomic E-state index is 13.3. The van der Waals surface area contributed by atoms with Gasteiger partial charge in [0.1, 0.15) is 5.82 Å². The van der Waals surface area contributed by atoms with Crippen LogP contribution in [0.2, 0.25) is 0 Å². The fourth-order valence-corrected chi connectivity index (χ4v) is 3.91. The molecule has 0 radical (unpaired) electrons. The fourth-order valence-electron chi connectivity index (χ4n) is 3.91. The molecular formula is C19H29FIN3O. The van der Waals surface area contributed by atoms with Crippen molar-refractivity contribution in [1.29, 1.82) is 0 Å². The summed E-state index contributed by atoms with van der Waals surface area (Å²) in [5, 5.41) is 6.85. The van der Waals surface area contributed by atoms with Gasteiger partial charge in [0.25, 0.3) is 0 Å². The second-order valence-corrected chi connectivity index (χ2v) is 6.94. The summed E-state index contributed by atoms with van der Waals surface area (Å²) in [5.41, 5.74) is 1.30. The first kappa shape index (κ1) is 20.4. The third kappa shape index (κ3) is 5.29. The number of rotatable bonds is 5. The molecule has 1 aromatic carbocycles. The van der Waals surface area contributed by atoms with Crippen molar-refractivity contribution in [3.8, 4) is 0 Å². The van der Waals surface area contributed by atoms with Crippen LogP contribution in [0.1, 0.15) is 44.1 Å². The second-order valence-electron chi connectivity index (χ2n) is 6.94. The highest BCUT2D eigenvalue weighted by Crippen LogP contribution is 2.40. The standard InChI is InChI=1S/C19H28FN3O.HI/c1-21-18(22-13-17-5-4-12-24-17)23-14-19(10-2-3-11-19)15-6-8-16(20)9-7-15;/h6-9,17H,2-5,10-14H2,1H3,(H2,21,22,23);1H. The summed E-state index contributed by atoms with van der Waals surface area (Å²) < 4.78 is 18.9. The summed E-state index contributed by atoms with van der Waals surface area (Å²) >= 11 is 0. The van der Waals surface area contributed by atoms with Gasteiger partial charge in [-0.2, -0.15) is 0 Å². The number of guanidine groups is 1. The van der Waals surface area contributed by atoms with Gasteiger partial charge in [-0.1, -0.05) is 25.0 Å². The van der Waals surface area contributed by atoms with Crippen LogP contribution in [0.5, 0.6) is 0 Å². The zero-order valence-corrected chi connectivity index (χ0v) is 17.2. The highest BCUT2D eigenvalue weighted by atomic mass is 127. The van der Waals surface area contributed by atoms with Crippen LogP contribution in [0.25, 0.3) is 0 Å². The molecule has 0 bridgehead atoms. The van der Waals surface area contributed by atoms with Crippen LogP contribution in [0.15, 0.2) is 29.3 Å². The third-order valence-electron chi connectivity index (χ3n) is 5.36. The Balaban J connectivity index is 0.00000225. The van der Waals surface area contributed by atoms with Gasteiger partial charge in [-0.05, 0) is 43.4 Å². The van der Waals surface area contributed by atoms with Crippen molar-refractivity contribution < 1.29 is 9.13 Å². The lowest BCUT2D eigenvalue weighted by Gasteiger charge is -2.31. The van der Waals surface area contributed by atoms with Gasteiger partial charge in [0.2, 0.25) is 0 Å². The maximum atomic E-state index is 13.3. The normalized spacial score (nSPS) is 22.5. The fraction of sp³-hybridized carbons (Fsp3) is 0.632. The van der Waals surface area contributed by atoms with Gasteiger partial charge in [-0.15, -0.1) is 24.0 Å². The molecule has 0 amide bonds. The van der Waals surface area contributed by atoms with Gasteiger partial charge >= 0.3 is 0 Å². The lowest BCUT2D eigenvalue weighted by Crippen LogP contribution is -2.46. The molecule has 6 heteroatoms. The maximum Gasteiger partial charge on any atom is 0.191 e. The molecule has 1 aliphatic carbocycles. The molecule has 3 rings (SSSR count). The van der Waals surface area contributed by atoms with Crippen molar-refractivity contribution in [1.82, 2.24) is 10.6 Å². The molecule has 2 N–H and O–H groups in total. The minimum Gasteiger partial charge on any atom is -0.376 e. The van der Waals surface area contributed by atoms with E-state index in [1.165, 1.54) is 18.4 Å². The molecule has 1 unspecified atom stereocenters. The van der Waals surface area contributed by atoms with Gasteiger partial charge in [0.15, 0.2) is 5.96 Å². The Hall–Kier alpha value is -0.890. The molecule has 1 saturated carbocycles. The van der Waals surface area contributed by atoms with Crippen molar-refractivity contribution in [2.75, 3.05) is 26.7 Å². The summed E-state index contributed by atoms with van der Waals surface area (Å²) in [5.74, 6) is 0.646. The van der Waals surface area contributed by atoms with Crippen molar-refractivity contribution in [3.63, 3.8) is 0 Å². The number of nitrogens with one attached hydrogen (secondary N) is 2. The Morgan fingerprint density at radius 3 is 2.52 bits per heavy atom. The number of benzene rings is 1. The molecule has 4 nitrogen and oxygen atoms in total. The van der Waals surface area contributed by atoms with Crippen molar-refractivity contribution in [3.05, 3.63) is 35.6 Å². The number of aliphatic imine (C=N–C) groups is 1. The van der Waals surface area contributed by atoms with Crippen molar-refractivity contribution >= 4 is 29.9 Å². The van der Waals surface area contributed by atoms with E-state index in [0.717, 1.165) is 51.3 Å². The van der Waals surface area contributed by atoms with E-state index in [0.29, 0.717) is 6.10 Å². The molecule has 0 aromatic heterocycles. The van der Waals surface area contributed by atoms with Gasteiger partial charge in [0, 0.05) is 32.2 Å². The van der Waals surface area contributed by atoms with Crippen LogP contribution < -0.4 is 10.6 Å². The molecule has 2 fully saturated rings. The predicted octanol–water partition coefficient (Wildman–Crippen LogP) is 3.60. The topological polar surface area (TPSA) is 45.7 Å². The first-order valence-corrected chi connectivity index (χ1v) is 9.04. The minimum absolute atomic E-state index is 0. The van der Waals surface area contributed by atoms with E-state index < -0.39 is 0 Å². The van der Waals surface area contributed by atoms with Gasteiger partial charge in [-0.25, -0.2) is 4.39 Å². The molecule has 2 aliphatic rings. The Labute approximate surface area is 167 Å². The molecule has 1 aromatic rings. The highest BCUT2D eigenvalue weighted by molar-refractivity contribution is 14.0. The van der Waals surface area contributed by atoms with Crippen molar-refractivity contribution in [2.45, 2.75) is 50.0 Å². The monoisotopic (exact) mass is 461 g/mol. The van der Waals surface area contributed by atoms with E-state index in [-0.39, 0.29) is 35.2 Å². The molecule has 1 heterocycles. The summed E-state index contributed by atoms with van der Waals surface area (Å²) in [7, 11) is 1.80. The molecule has 1 aliphatic heterocycles. The highest BCUT2D eigenvalue weighted by Gasteiger charge is 2.35. The van der Waals surface area contributed by atoms with E-state index in [1.54, 1.807) is 19.2 Å². The summed E-state index contributed by atoms with van der Waals surface area (Å²) in [4.78, 5) is 4.33. The molecular weight excluding hydrogens is 432 g/mol. The van der Waals surface area contributed by atoms with Crippen molar-refractivity contribution in [2.24, 2.45) is 4.99 Å². The molecule has 25 heavy (non-hydrogen) atoms. The van der Waals surface area contributed by atoms with E-state index in [2.05, 4.69) is 15.6 Å². The summed E-state index contributed by atoms with van der Waals surface area (Å²) in [6.45, 7) is 2.49. The quantitative estimate of drug-likeness (QED) is 0.400. The largest absolute Gasteiger partial charge is 0.376 e. The molecule has 140 valence electrons. The van der Waals surface area contributed by atoms with Crippen LogP contribution in [-0.4, -0.2) is 38.8 Å². The Bertz CT molecular complexity index is 552. The second kappa shape index (κ2) is 9.71. The van der Waals surface area contributed by atoms with Crippen LogP contribution in [0.4, 0.5) is 4.39 Å². The SMILES string of the molecule is CN=C(NCC1CCCO1)NCC1(c2ccc(F)cc2)CCCC1.I. The number of hydrogen-bond acceptors (Lipinski definition) is 2. The minimum atomic E-state index is -0.172. The van der Waals surface area contributed by atoms with Crippen LogP contribution in [-0.2, 0) is 10.2 Å². The first-order valence-electron chi connectivity index (χ1n) is 9.04. The zero-order chi connectivity index (χ0) is 16.8. The summed E-state index contributed by atoms with van der Waals surface area (Å²) in [6, 6.07) is 7.01. The lowest BCUT2D eigenvalue weighted by atomic mass is 9.79. The Morgan fingerprint density at radius 2 is 1.92 bits per heavy atom. The molecule has 0 spiro atoms. The predicted molar refractivity (Wildman–Crippen MR) is 110 cm³/mol. The van der Waals surface area contributed by atoms with E-state index in [9.17, 15) is 4.39 Å². The van der Waals surface area contributed by atoms with Crippen LogP contribution >= 0.6 is 24.0 Å². The van der Waals surface area contributed by atoms with Gasteiger partial charge < -0.3 is 15.4 Å². The van der Waals surface area contributed by atoms with E-state index in [1.807, 2.05) is 12.1 Å². The zero-order valence-electron chi connectivity index (χ0n) is 14.9.